The van der Waals surface area contributed by atoms with Gasteiger partial charge >= 0.3 is 0 Å². The number of fused-ring (bicyclic) bond motifs is 2. The molecule has 0 saturated carbocycles. The molecular weight excluding hydrogens is 338 g/mol. The minimum absolute atomic E-state index is 0.0705. The standard InChI is InChI=1S/C22H27N3O2/c26-22-14-17-3-1-5-20(17)23-25(22)15-19-4-2-10-24(19)11-8-16-6-7-21-18(13-16)9-12-27-21/h6-7,13-14,19H,1-5,8-12,15H2. The first-order valence-corrected chi connectivity index (χ1v) is 10.3. The van der Waals surface area contributed by atoms with E-state index in [1.807, 2.05) is 6.07 Å². The third-order valence-electron chi connectivity index (χ3n) is 6.35. The molecule has 1 atom stereocenters. The molecule has 27 heavy (non-hydrogen) atoms. The molecule has 0 N–H and O–H groups in total. The number of rotatable bonds is 5. The average molecular weight is 365 g/mol. The van der Waals surface area contributed by atoms with Crippen LogP contribution in [0, 0.1) is 0 Å². The Labute approximate surface area is 160 Å². The third kappa shape index (κ3) is 3.41. The number of hydrogen-bond acceptors (Lipinski definition) is 4. The highest BCUT2D eigenvalue weighted by Crippen LogP contribution is 2.27. The summed E-state index contributed by atoms with van der Waals surface area (Å²) in [5.74, 6) is 1.06. The molecule has 2 aromatic rings. The summed E-state index contributed by atoms with van der Waals surface area (Å²) in [6, 6.07) is 8.86. The Bertz CT molecular complexity index is 905. The first-order chi connectivity index (χ1) is 13.3. The van der Waals surface area contributed by atoms with Gasteiger partial charge in [-0.05, 0) is 67.8 Å². The van der Waals surface area contributed by atoms with E-state index in [4.69, 9.17) is 4.74 Å². The van der Waals surface area contributed by atoms with Crippen molar-refractivity contribution >= 4 is 0 Å². The van der Waals surface area contributed by atoms with Gasteiger partial charge in [-0.1, -0.05) is 12.1 Å². The molecule has 3 heterocycles. The number of nitrogens with zero attached hydrogens (tertiary/aromatic N) is 3. The molecule has 1 aromatic carbocycles. The fourth-order valence-corrected chi connectivity index (χ4v) is 4.83. The summed E-state index contributed by atoms with van der Waals surface area (Å²) >= 11 is 0. The largest absolute Gasteiger partial charge is 0.493 e. The number of hydrogen-bond donors (Lipinski definition) is 0. The molecule has 1 saturated heterocycles. The summed E-state index contributed by atoms with van der Waals surface area (Å²) in [6.45, 7) is 3.71. The first kappa shape index (κ1) is 17.0. The number of aromatic nitrogens is 2. The fraction of sp³-hybridized carbons (Fsp3) is 0.545. The molecule has 2 aliphatic heterocycles. The van der Waals surface area contributed by atoms with Crippen molar-refractivity contribution in [1.82, 2.24) is 14.7 Å². The van der Waals surface area contributed by atoms with Crippen molar-refractivity contribution in [3.8, 4) is 5.75 Å². The zero-order chi connectivity index (χ0) is 18.2. The summed E-state index contributed by atoms with van der Waals surface area (Å²) in [7, 11) is 0. The molecule has 0 amide bonds. The van der Waals surface area contributed by atoms with Crippen LogP contribution in [0.15, 0.2) is 29.1 Å². The Hall–Kier alpha value is -2.14. The highest BCUT2D eigenvalue weighted by molar-refractivity contribution is 5.39. The lowest BCUT2D eigenvalue weighted by Crippen LogP contribution is -2.38. The van der Waals surface area contributed by atoms with Gasteiger partial charge in [0.15, 0.2) is 0 Å². The van der Waals surface area contributed by atoms with Crippen LogP contribution in [0.25, 0.3) is 0 Å². The molecule has 1 aromatic heterocycles. The Balaban J connectivity index is 1.25. The Morgan fingerprint density at radius 1 is 1.11 bits per heavy atom. The van der Waals surface area contributed by atoms with Gasteiger partial charge in [-0.15, -0.1) is 0 Å². The topological polar surface area (TPSA) is 47.4 Å². The van der Waals surface area contributed by atoms with Crippen molar-refractivity contribution < 1.29 is 4.74 Å². The molecule has 0 bridgehead atoms. The monoisotopic (exact) mass is 365 g/mol. The lowest BCUT2D eigenvalue weighted by molar-refractivity contribution is 0.226. The molecule has 1 aliphatic carbocycles. The quantitative estimate of drug-likeness (QED) is 0.816. The van der Waals surface area contributed by atoms with Crippen LogP contribution < -0.4 is 10.3 Å². The molecule has 0 radical (unpaired) electrons. The van der Waals surface area contributed by atoms with Crippen LogP contribution >= 0.6 is 0 Å². The van der Waals surface area contributed by atoms with E-state index in [1.54, 1.807) is 4.68 Å². The maximum atomic E-state index is 12.4. The highest BCUT2D eigenvalue weighted by Gasteiger charge is 2.26. The smallest absolute Gasteiger partial charge is 0.267 e. The Morgan fingerprint density at radius 2 is 2.07 bits per heavy atom. The van der Waals surface area contributed by atoms with Gasteiger partial charge < -0.3 is 4.74 Å². The predicted molar refractivity (Wildman–Crippen MR) is 104 cm³/mol. The van der Waals surface area contributed by atoms with Gasteiger partial charge in [0.25, 0.3) is 5.56 Å². The van der Waals surface area contributed by atoms with E-state index in [0.29, 0.717) is 6.04 Å². The van der Waals surface area contributed by atoms with Crippen molar-refractivity contribution in [3.63, 3.8) is 0 Å². The van der Waals surface area contributed by atoms with Gasteiger partial charge in [0.05, 0.1) is 18.8 Å². The summed E-state index contributed by atoms with van der Waals surface area (Å²) in [5.41, 5.74) is 5.11. The van der Waals surface area contributed by atoms with Crippen molar-refractivity contribution in [2.24, 2.45) is 0 Å². The fourth-order valence-electron chi connectivity index (χ4n) is 4.83. The van der Waals surface area contributed by atoms with Crippen molar-refractivity contribution in [3.05, 3.63) is 57.0 Å². The van der Waals surface area contributed by atoms with Crippen LogP contribution in [-0.4, -0.2) is 40.4 Å². The predicted octanol–water partition coefficient (Wildman–Crippen LogP) is 2.37. The normalized spacial score (nSPS) is 21.3. The summed E-state index contributed by atoms with van der Waals surface area (Å²) in [5, 5.41) is 4.67. The van der Waals surface area contributed by atoms with Crippen LogP contribution in [0.2, 0.25) is 0 Å². The zero-order valence-corrected chi connectivity index (χ0v) is 15.8. The van der Waals surface area contributed by atoms with Gasteiger partial charge in [0.1, 0.15) is 5.75 Å². The van der Waals surface area contributed by atoms with Crippen LogP contribution in [0.3, 0.4) is 0 Å². The lowest BCUT2D eigenvalue weighted by Gasteiger charge is -2.25. The van der Waals surface area contributed by atoms with E-state index in [9.17, 15) is 4.79 Å². The van der Waals surface area contributed by atoms with Crippen LogP contribution in [0.5, 0.6) is 5.75 Å². The molecule has 5 nitrogen and oxygen atoms in total. The summed E-state index contributed by atoms with van der Waals surface area (Å²) in [4.78, 5) is 15.0. The minimum Gasteiger partial charge on any atom is -0.493 e. The van der Waals surface area contributed by atoms with E-state index < -0.39 is 0 Å². The van der Waals surface area contributed by atoms with Crippen molar-refractivity contribution in [1.29, 1.82) is 0 Å². The Morgan fingerprint density at radius 3 is 3.04 bits per heavy atom. The second-order valence-electron chi connectivity index (χ2n) is 8.11. The van der Waals surface area contributed by atoms with E-state index in [2.05, 4.69) is 28.2 Å². The minimum atomic E-state index is 0.0705. The van der Waals surface area contributed by atoms with Gasteiger partial charge in [-0.25, -0.2) is 4.68 Å². The Kier molecular flexibility index (Phi) is 4.48. The summed E-state index contributed by atoms with van der Waals surface area (Å²) in [6.07, 6.45) is 7.61. The maximum absolute atomic E-state index is 12.4. The van der Waals surface area contributed by atoms with Crippen molar-refractivity contribution in [2.45, 2.75) is 57.5 Å². The zero-order valence-electron chi connectivity index (χ0n) is 15.8. The van der Waals surface area contributed by atoms with E-state index >= 15 is 0 Å². The van der Waals surface area contributed by atoms with Gasteiger partial charge in [-0.2, -0.15) is 5.10 Å². The molecule has 1 unspecified atom stereocenters. The van der Waals surface area contributed by atoms with Crippen LogP contribution in [-0.2, 0) is 32.2 Å². The highest BCUT2D eigenvalue weighted by atomic mass is 16.5. The molecule has 5 rings (SSSR count). The third-order valence-corrected chi connectivity index (χ3v) is 6.35. The first-order valence-electron chi connectivity index (χ1n) is 10.3. The number of likely N-dealkylation sites (tertiary alicyclic amines) is 1. The molecular formula is C22H27N3O2. The van der Waals surface area contributed by atoms with Gasteiger partial charge in [0, 0.05) is 25.1 Å². The van der Waals surface area contributed by atoms with E-state index in [0.717, 1.165) is 76.2 Å². The van der Waals surface area contributed by atoms with Crippen LogP contribution in [0.1, 0.15) is 41.6 Å². The lowest BCUT2D eigenvalue weighted by atomic mass is 10.1. The molecule has 1 fully saturated rings. The van der Waals surface area contributed by atoms with Crippen molar-refractivity contribution in [2.75, 3.05) is 19.7 Å². The maximum Gasteiger partial charge on any atom is 0.267 e. The average Bonchev–Trinajstić information content (AvgIpc) is 3.40. The summed E-state index contributed by atoms with van der Waals surface area (Å²) < 4.78 is 7.33. The van der Waals surface area contributed by atoms with Gasteiger partial charge in [0.2, 0.25) is 0 Å². The van der Waals surface area contributed by atoms with E-state index in [-0.39, 0.29) is 5.56 Å². The molecule has 5 heteroatoms. The second kappa shape index (κ2) is 7.12. The number of ether oxygens (including phenoxy) is 1. The van der Waals surface area contributed by atoms with Crippen LogP contribution in [0.4, 0.5) is 0 Å². The number of benzene rings is 1. The number of aryl methyl sites for hydroxylation is 2. The second-order valence-corrected chi connectivity index (χ2v) is 8.11. The van der Waals surface area contributed by atoms with E-state index in [1.165, 1.54) is 23.1 Å². The molecule has 3 aliphatic rings. The van der Waals surface area contributed by atoms with Gasteiger partial charge in [-0.3, -0.25) is 9.69 Å². The SMILES string of the molecule is O=c1cc2c(nn1CC1CCCN1CCc1ccc3c(c1)CCO3)CCC2. The molecule has 0 spiro atoms. The molecule has 142 valence electrons.